The Labute approximate surface area is 100.0 Å². The van der Waals surface area contributed by atoms with Crippen LogP contribution in [-0.4, -0.2) is 6.61 Å². The predicted octanol–water partition coefficient (Wildman–Crippen LogP) is 4.33. The van der Waals surface area contributed by atoms with Crippen molar-refractivity contribution in [2.75, 3.05) is 6.61 Å². The second-order valence-corrected chi connectivity index (χ2v) is 5.78. The van der Waals surface area contributed by atoms with E-state index >= 15 is 0 Å². The molecule has 1 aromatic rings. The van der Waals surface area contributed by atoms with Gasteiger partial charge in [0, 0.05) is 9.89 Å². The third-order valence-corrected chi connectivity index (χ3v) is 3.78. The minimum atomic E-state index is 0.425. The molecule has 0 saturated heterocycles. The van der Waals surface area contributed by atoms with Gasteiger partial charge in [-0.3, -0.25) is 0 Å². The van der Waals surface area contributed by atoms with Crippen molar-refractivity contribution in [3.63, 3.8) is 0 Å². The van der Waals surface area contributed by atoms with Crippen LogP contribution in [0.2, 0.25) is 0 Å². The Morgan fingerprint density at radius 3 is 2.73 bits per heavy atom. The lowest BCUT2D eigenvalue weighted by Crippen LogP contribution is -2.32. The predicted molar refractivity (Wildman–Crippen MR) is 66.3 cm³/mol. The van der Waals surface area contributed by atoms with Gasteiger partial charge in [0.2, 0.25) is 0 Å². The van der Waals surface area contributed by atoms with Crippen molar-refractivity contribution in [2.24, 2.45) is 5.41 Å². The molecule has 1 aliphatic carbocycles. The smallest absolute Gasteiger partial charge is 0.123 e. The van der Waals surface area contributed by atoms with Gasteiger partial charge in [0.1, 0.15) is 5.75 Å². The summed E-state index contributed by atoms with van der Waals surface area (Å²) in [6, 6.07) is 6.19. The van der Waals surface area contributed by atoms with E-state index in [4.69, 9.17) is 4.74 Å². The highest BCUT2D eigenvalue weighted by molar-refractivity contribution is 9.10. The minimum Gasteiger partial charge on any atom is -0.493 e. The lowest BCUT2D eigenvalue weighted by molar-refractivity contribution is 0.0772. The van der Waals surface area contributed by atoms with Crippen molar-refractivity contribution in [1.82, 2.24) is 0 Å². The highest BCUT2D eigenvalue weighted by Gasteiger charge is 2.32. The molecular weight excluding hydrogens is 252 g/mol. The van der Waals surface area contributed by atoms with Gasteiger partial charge in [-0.15, -0.1) is 0 Å². The first kappa shape index (κ1) is 11.0. The molecule has 1 aromatic carbocycles. The Morgan fingerprint density at radius 2 is 2.13 bits per heavy atom. The molecule has 0 radical (unpaired) electrons. The first-order valence-electron chi connectivity index (χ1n) is 5.48. The lowest BCUT2D eigenvalue weighted by Gasteiger charge is -2.37. The Kier molecular flexibility index (Phi) is 3.06. The van der Waals surface area contributed by atoms with E-state index in [2.05, 4.69) is 41.9 Å². The van der Waals surface area contributed by atoms with Crippen LogP contribution in [0.3, 0.4) is 0 Å². The fraction of sp³-hybridized carbons (Fsp3) is 0.538. The van der Waals surface area contributed by atoms with Crippen molar-refractivity contribution in [3.8, 4) is 5.75 Å². The molecule has 15 heavy (non-hydrogen) atoms. The van der Waals surface area contributed by atoms with Gasteiger partial charge < -0.3 is 4.74 Å². The molecule has 0 aromatic heterocycles. The summed E-state index contributed by atoms with van der Waals surface area (Å²) in [6.45, 7) is 5.25. The summed E-state index contributed by atoms with van der Waals surface area (Å²) in [5, 5.41) is 0. The number of rotatable bonds is 3. The van der Waals surface area contributed by atoms with E-state index in [1.807, 2.05) is 6.07 Å². The van der Waals surface area contributed by atoms with Crippen molar-refractivity contribution >= 4 is 15.9 Å². The van der Waals surface area contributed by atoms with Crippen molar-refractivity contribution in [2.45, 2.75) is 33.1 Å². The minimum absolute atomic E-state index is 0.425. The summed E-state index contributed by atoms with van der Waals surface area (Å²) in [4.78, 5) is 0. The average molecular weight is 269 g/mol. The summed E-state index contributed by atoms with van der Waals surface area (Å²) in [6.07, 6.45) is 3.97. The molecule has 1 fully saturated rings. The summed E-state index contributed by atoms with van der Waals surface area (Å²) in [5.74, 6) is 1.01. The van der Waals surface area contributed by atoms with Crippen LogP contribution in [0.15, 0.2) is 22.7 Å². The summed E-state index contributed by atoms with van der Waals surface area (Å²) in [7, 11) is 0. The fourth-order valence-electron chi connectivity index (χ4n) is 1.91. The van der Waals surface area contributed by atoms with Gasteiger partial charge in [-0.2, -0.15) is 0 Å². The Balaban J connectivity index is 2.01. The monoisotopic (exact) mass is 268 g/mol. The molecule has 1 nitrogen and oxygen atoms in total. The zero-order valence-corrected chi connectivity index (χ0v) is 10.9. The number of benzene rings is 1. The third-order valence-electron chi connectivity index (χ3n) is 3.29. The topological polar surface area (TPSA) is 9.23 Å². The quantitative estimate of drug-likeness (QED) is 0.793. The molecule has 0 atom stereocenters. The van der Waals surface area contributed by atoms with E-state index in [0.717, 1.165) is 16.8 Å². The number of hydrogen-bond acceptors (Lipinski definition) is 1. The summed E-state index contributed by atoms with van der Waals surface area (Å²) >= 11 is 3.47. The van der Waals surface area contributed by atoms with Gasteiger partial charge in [-0.05, 0) is 37.5 Å². The molecule has 1 aliphatic rings. The Morgan fingerprint density at radius 1 is 1.40 bits per heavy atom. The van der Waals surface area contributed by atoms with Gasteiger partial charge in [-0.25, -0.2) is 0 Å². The molecule has 0 heterocycles. The van der Waals surface area contributed by atoms with Gasteiger partial charge in [-0.1, -0.05) is 35.3 Å². The fourth-order valence-corrected chi connectivity index (χ4v) is 2.25. The van der Waals surface area contributed by atoms with Crippen LogP contribution < -0.4 is 4.74 Å². The van der Waals surface area contributed by atoms with Gasteiger partial charge in [0.15, 0.2) is 0 Å². The van der Waals surface area contributed by atoms with Crippen molar-refractivity contribution < 1.29 is 4.74 Å². The van der Waals surface area contributed by atoms with Crippen LogP contribution in [0.5, 0.6) is 5.75 Å². The molecule has 0 unspecified atom stereocenters. The zero-order valence-electron chi connectivity index (χ0n) is 9.35. The van der Waals surface area contributed by atoms with Crippen LogP contribution in [-0.2, 0) is 0 Å². The number of aryl methyl sites for hydroxylation is 1. The van der Waals surface area contributed by atoms with E-state index in [1.165, 1.54) is 24.8 Å². The molecule has 82 valence electrons. The Hall–Kier alpha value is -0.500. The molecule has 1 saturated carbocycles. The largest absolute Gasteiger partial charge is 0.493 e. The maximum Gasteiger partial charge on any atom is 0.123 e. The SMILES string of the molecule is Cc1ccc(Br)cc1OCC1(C)CCC1. The van der Waals surface area contributed by atoms with Crippen molar-refractivity contribution in [1.29, 1.82) is 0 Å². The highest BCUT2D eigenvalue weighted by Crippen LogP contribution is 2.40. The molecule has 2 heteroatoms. The first-order chi connectivity index (χ1) is 7.09. The number of ether oxygens (including phenoxy) is 1. The summed E-state index contributed by atoms with van der Waals surface area (Å²) < 4.78 is 6.98. The van der Waals surface area contributed by atoms with E-state index in [-0.39, 0.29) is 0 Å². The normalized spacial score (nSPS) is 18.3. The highest BCUT2D eigenvalue weighted by atomic mass is 79.9. The maximum atomic E-state index is 5.89. The Bertz CT molecular complexity index is 356. The third kappa shape index (κ3) is 2.54. The maximum absolute atomic E-state index is 5.89. The molecular formula is C13H17BrO. The van der Waals surface area contributed by atoms with Crippen LogP contribution in [0, 0.1) is 12.3 Å². The number of hydrogen-bond donors (Lipinski definition) is 0. The molecule has 0 aliphatic heterocycles. The average Bonchev–Trinajstić information content (AvgIpc) is 2.17. The molecule has 2 rings (SSSR count). The summed E-state index contributed by atoms with van der Waals surface area (Å²) in [5.41, 5.74) is 1.63. The molecule has 0 N–H and O–H groups in total. The van der Waals surface area contributed by atoms with Gasteiger partial charge in [0.05, 0.1) is 6.61 Å². The second kappa shape index (κ2) is 4.17. The van der Waals surface area contributed by atoms with E-state index in [1.54, 1.807) is 0 Å². The van der Waals surface area contributed by atoms with Crippen LogP contribution in [0.1, 0.15) is 31.7 Å². The van der Waals surface area contributed by atoms with E-state index in [0.29, 0.717) is 5.41 Å². The van der Waals surface area contributed by atoms with Crippen molar-refractivity contribution in [3.05, 3.63) is 28.2 Å². The first-order valence-corrected chi connectivity index (χ1v) is 6.27. The molecule has 0 bridgehead atoms. The lowest BCUT2D eigenvalue weighted by atomic mass is 9.71. The number of halogens is 1. The van der Waals surface area contributed by atoms with E-state index < -0.39 is 0 Å². The van der Waals surface area contributed by atoms with E-state index in [9.17, 15) is 0 Å². The van der Waals surface area contributed by atoms with Crippen LogP contribution >= 0.6 is 15.9 Å². The van der Waals surface area contributed by atoms with Crippen LogP contribution in [0.25, 0.3) is 0 Å². The van der Waals surface area contributed by atoms with Crippen LogP contribution in [0.4, 0.5) is 0 Å². The van der Waals surface area contributed by atoms with Gasteiger partial charge >= 0.3 is 0 Å². The zero-order chi connectivity index (χ0) is 10.9. The standard InChI is InChI=1S/C13H17BrO/c1-10-4-5-11(14)8-12(10)15-9-13(2)6-3-7-13/h4-5,8H,3,6-7,9H2,1-2H3. The van der Waals surface area contributed by atoms with Gasteiger partial charge in [0.25, 0.3) is 0 Å². The second-order valence-electron chi connectivity index (χ2n) is 4.86. The molecule has 0 spiro atoms. The molecule has 0 amide bonds.